The quantitative estimate of drug-likeness (QED) is 0.371. The molecule has 0 radical (unpaired) electrons. The summed E-state index contributed by atoms with van der Waals surface area (Å²) in [6.45, 7) is 1.24. The number of phenolic OH excluding ortho intramolecular Hbond substituents is 1. The Morgan fingerprint density at radius 2 is 1.71 bits per heavy atom. The van der Waals surface area contributed by atoms with E-state index in [-0.39, 0.29) is 30.3 Å². The highest BCUT2D eigenvalue weighted by atomic mass is 16.6. The van der Waals surface area contributed by atoms with Gasteiger partial charge in [0, 0.05) is 29.8 Å². The first-order valence-corrected chi connectivity index (χ1v) is 10.7. The summed E-state index contributed by atoms with van der Waals surface area (Å²) in [6.07, 6.45) is -2.34. The summed E-state index contributed by atoms with van der Waals surface area (Å²) in [5.74, 6) is 0.586. The van der Waals surface area contributed by atoms with Gasteiger partial charge in [-0.1, -0.05) is 24.3 Å². The van der Waals surface area contributed by atoms with Crippen molar-refractivity contribution in [1.29, 1.82) is 0 Å². The molecule has 178 valence electrons. The van der Waals surface area contributed by atoms with E-state index < -0.39 is 18.3 Å². The third-order valence-electron chi connectivity index (χ3n) is 5.09. The normalized spacial score (nSPS) is 12.3. The van der Waals surface area contributed by atoms with Gasteiger partial charge in [-0.3, -0.25) is 10.1 Å². The van der Waals surface area contributed by atoms with Gasteiger partial charge in [-0.15, -0.1) is 0 Å². The molecule has 0 heterocycles. The van der Waals surface area contributed by atoms with Crippen LogP contribution in [0.5, 0.6) is 17.2 Å². The first kappa shape index (κ1) is 24.6. The topological polar surface area (TPSA) is 114 Å². The van der Waals surface area contributed by atoms with Crippen LogP contribution in [0.15, 0.2) is 72.8 Å². The van der Waals surface area contributed by atoms with Gasteiger partial charge in [0.2, 0.25) is 0 Å². The van der Waals surface area contributed by atoms with E-state index in [1.54, 1.807) is 60.7 Å². The Morgan fingerprint density at radius 1 is 1.00 bits per heavy atom. The van der Waals surface area contributed by atoms with Crippen LogP contribution >= 0.6 is 0 Å². The molecule has 3 N–H and O–H groups in total. The second kappa shape index (κ2) is 11.7. The Kier molecular flexibility index (Phi) is 8.48. The number of carbonyl (C=O) groups excluding carboxylic acids is 2. The monoisotopic (exact) mass is 465 g/mol. The Bertz CT molecular complexity index is 1100. The largest absolute Gasteiger partial charge is 0.504 e. The van der Waals surface area contributed by atoms with Crippen LogP contribution in [0.4, 0.5) is 10.5 Å². The SMILES string of the molecule is COc1ccc([C@@H](OC(=O)Nc2ccc(C(C)=O)cc2)[C@@H](CCO)Oc2ccccc2)cc1O. The first-order chi connectivity index (χ1) is 16.4. The number of ether oxygens (including phenoxy) is 3. The van der Waals surface area contributed by atoms with Crippen molar-refractivity contribution in [2.24, 2.45) is 0 Å². The molecule has 0 aliphatic carbocycles. The molecule has 0 spiro atoms. The zero-order chi connectivity index (χ0) is 24.5. The van der Waals surface area contributed by atoms with Crippen molar-refractivity contribution in [3.05, 3.63) is 83.9 Å². The highest BCUT2D eigenvalue weighted by Crippen LogP contribution is 2.34. The van der Waals surface area contributed by atoms with Crippen LogP contribution in [0.1, 0.15) is 35.4 Å². The number of Topliss-reactive ketones (excluding diaryl/α,β-unsaturated/α-hetero) is 1. The van der Waals surface area contributed by atoms with Crippen molar-refractivity contribution in [2.45, 2.75) is 25.6 Å². The fraction of sp³-hybridized carbons (Fsp3) is 0.231. The summed E-state index contributed by atoms with van der Waals surface area (Å²) in [7, 11) is 1.43. The van der Waals surface area contributed by atoms with Crippen LogP contribution in [0, 0.1) is 0 Å². The maximum Gasteiger partial charge on any atom is 0.412 e. The minimum Gasteiger partial charge on any atom is -0.504 e. The lowest BCUT2D eigenvalue weighted by atomic mass is 10.0. The highest BCUT2D eigenvalue weighted by Gasteiger charge is 2.30. The van der Waals surface area contributed by atoms with E-state index in [1.807, 2.05) is 6.07 Å². The van der Waals surface area contributed by atoms with Crippen LogP contribution in [0.3, 0.4) is 0 Å². The average Bonchev–Trinajstić information content (AvgIpc) is 2.83. The van der Waals surface area contributed by atoms with Gasteiger partial charge in [0.1, 0.15) is 11.9 Å². The van der Waals surface area contributed by atoms with Gasteiger partial charge < -0.3 is 24.4 Å². The van der Waals surface area contributed by atoms with Crippen LogP contribution in [-0.4, -0.2) is 41.9 Å². The van der Waals surface area contributed by atoms with E-state index in [4.69, 9.17) is 14.2 Å². The third-order valence-corrected chi connectivity index (χ3v) is 5.09. The van der Waals surface area contributed by atoms with Gasteiger partial charge in [-0.25, -0.2) is 4.79 Å². The Balaban J connectivity index is 1.87. The minimum absolute atomic E-state index is 0.0848. The molecule has 3 rings (SSSR count). The summed E-state index contributed by atoms with van der Waals surface area (Å²) in [5, 5.41) is 22.6. The predicted octanol–water partition coefficient (Wildman–Crippen LogP) is 4.72. The lowest BCUT2D eigenvalue weighted by Crippen LogP contribution is -2.31. The van der Waals surface area contributed by atoms with Gasteiger partial charge in [0.25, 0.3) is 0 Å². The first-order valence-electron chi connectivity index (χ1n) is 10.7. The van der Waals surface area contributed by atoms with Crippen molar-refractivity contribution >= 4 is 17.6 Å². The molecule has 1 amide bonds. The number of amides is 1. The van der Waals surface area contributed by atoms with Gasteiger partial charge in [0.15, 0.2) is 23.4 Å². The lowest BCUT2D eigenvalue weighted by Gasteiger charge is -2.28. The zero-order valence-electron chi connectivity index (χ0n) is 18.9. The number of nitrogens with one attached hydrogen (secondary N) is 1. The molecule has 0 aliphatic rings. The molecule has 0 saturated heterocycles. The molecule has 3 aromatic carbocycles. The maximum absolute atomic E-state index is 12.8. The van der Waals surface area contributed by atoms with Gasteiger partial charge >= 0.3 is 6.09 Å². The lowest BCUT2D eigenvalue weighted by molar-refractivity contribution is 0.00897. The fourth-order valence-corrected chi connectivity index (χ4v) is 3.37. The Morgan fingerprint density at radius 3 is 2.29 bits per heavy atom. The number of rotatable bonds is 10. The highest BCUT2D eigenvalue weighted by molar-refractivity contribution is 5.95. The van der Waals surface area contributed by atoms with Crippen molar-refractivity contribution in [2.75, 3.05) is 19.0 Å². The maximum atomic E-state index is 12.8. The van der Waals surface area contributed by atoms with Crippen LogP contribution < -0.4 is 14.8 Å². The second-order valence-electron chi connectivity index (χ2n) is 7.50. The van der Waals surface area contributed by atoms with E-state index in [1.165, 1.54) is 20.1 Å². The average molecular weight is 466 g/mol. The predicted molar refractivity (Wildman–Crippen MR) is 127 cm³/mol. The third kappa shape index (κ3) is 6.49. The number of methoxy groups -OCH3 is 1. The molecule has 2 atom stereocenters. The van der Waals surface area contributed by atoms with Crippen molar-refractivity contribution in [3.8, 4) is 17.2 Å². The molecule has 8 heteroatoms. The number of hydrogen-bond donors (Lipinski definition) is 3. The number of benzene rings is 3. The molecule has 0 bridgehead atoms. The standard InChI is InChI=1S/C26H27NO7/c1-17(29)18-8-11-20(12-9-18)27-26(31)34-25(19-10-13-23(32-2)22(30)16-19)24(14-15-28)33-21-6-4-3-5-7-21/h3-13,16,24-25,28,30H,14-15H2,1-2H3,(H,27,31)/t24-,25-/m1/s1. The Hall–Kier alpha value is -4.04. The summed E-state index contributed by atoms with van der Waals surface area (Å²) < 4.78 is 16.9. The number of aliphatic hydroxyl groups excluding tert-OH is 1. The molecule has 0 saturated carbocycles. The number of aliphatic hydroxyl groups is 1. The van der Waals surface area contributed by atoms with Crippen molar-refractivity contribution in [3.63, 3.8) is 0 Å². The van der Waals surface area contributed by atoms with Crippen molar-refractivity contribution < 1.29 is 34.0 Å². The van der Waals surface area contributed by atoms with E-state index in [2.05, 4.69) is 5.32 Å². The minimum atomic E-state index is -0.972. The van der Waals surface area contributed by atoms with Crippen LogP contribution in [-0.2, 0) is 4.74 Å². The molecule has 34 heavy (non-hydrogen) atoms. The molecule has 0 aromatic heterocycles. The molecule has 3 aromatic rings. The number of ketones is 1. The van der Waals surface area contributed by atoms with E-state index >= 15 is 0 Å². The number of carbonyl (C=O) groups is 2. The van der Waals surface area contributed by atoms with Crippen LogP contribution in [0.2, 0.25) is 0 Å². The second-order valence-corrected chi connectivity index (χ2v) is 7.50. The summed E-state index contributed by atoms with van der Waals surface area (Å²) in [6, 6.07) is 20.0. The van der Waals surface area contributed by atoms with Gasteiger partial charge in [-0.05, 0) is 55.5 Å². The van der Waals surface area contributed by atoms with E-state index in [0.29, 0.717) is 22.6 Å². The number of phenols is 1. The Labute approximate surface area is 197 Å². The summed E-state index contributed by atoms with van der Waals surface area (Å²) in [5.41, 5.74) is 1.41. The fourth-order valence-electron chi connectivity index (χ4n) is 3.37. The van der Waals surface area contributed by atoms with Crippen LogP contribution in [0.25, 0.3) is 0 Å². The molecule has 0 fully saturated rings. The number of hydrogen-bond acceptors (Lipinski definition) is 7. The van der Waals surface area contributed by atoms with E-state index in [0.717, 1.165) is 0 Å². The van der Waals surface area contributed by atoms with Gasteiger partial charge in [0.05, 0.1) is 7.11 Å². The summed E-state index contributed by atoms with van der Waals surface area (Å²) >= 11 is 0. The zero-order valence-corrected chi connectivity index (χ0v) is 18.9. The molecular weight excluding hydrogens is 438 g/mol. The molecule has 0 aliphatic heterocycles. The smallest absolute Gasteiger partial charge is 0.412 e. The van der Waals surface area contributed by atoms with Crippen molar-refractivity contribution in [1.82, 2.24) is 0 Å². The van der Waals surface area contributed by atoms with E-state index in [9.17, 15) is 19.8 Å². The molecule has 0 unspecified atom stereocenters. The molecular formula is C26H27NO7. The number of aromatic hydroxyl groups is 1. The summed E-state index contributed by atoms with van der Waals surface area (Å²) in [4.78, 5) is 24.2. The molecule has 8 nitrogen and oxygen atoms in total. The van der Waals surface area contributed by atoms with Gasteiger partial charge in [-0.2, -0.15) is 0 Å². The number of anilines is 1. The number of para-hydroxylation sites is 1.